The molecule has 2 aromatic rings. The van der Waals surface area contributed by atoms with Gasteiger partial charge < -0.3 is 0 Å². The van der Waals surface area contributed by atoms with Crippen molar-refractivity contribution in [1.29, 1.82) is 0 Å². The molecule has 2 heteroatoms. The topological polar surface area (TPSA) is 24.7 Å². The van der Waals surface area contributed by atoms with Crippen molar-refractivity contribution in [2.24, 2.45) is 9.98 Å². The first-order chi connectivity index (χ1) is 9.35. The molecule has 2 nitrogen and oxygen atoms in total. The SMILES string of the molecule is CCc1cccc(CC)c1N=C=Nc1ccccc1. The third-order valence-electron chi connectivity index (χ3n) is 3.06. The maximum absolute atomic E-state index is 4.43. The molecule has 0 spiro atoms. The fraction of sp³-hybridized carbons (Fsp3) is 0.235. The van der Waals surface area contributed by atoms with Crippen molar-refractivity contribution in [2.45, 2.75) is 26.7 Å². The highest BCUT2D eigenvalue weighted by Gasteiger charge is 2.03. The van der Waals surface area contributed by atoms with Gasteiger partial charge in [-0.3, -0.25) is 0 Å². The zero-order valence-electron chi connectivity index (χ0n) is 11.4. The zero-order valence-corrected chi connectivity index (χ0v) is 11.4. The minimum Gasteiger partial charge on any atom is -0.188 e. The summed E-state index contributed by atoms with van der Waals surface area (Å²) in [7, 11) is 0. The Kier molecular flexibility index (Phi) is 4.66. The molecule has 0 aliphatic rings. The van der Waals surface area contributed by atoms with Crippen LogP contribution >= 0.6 is 0 Å². The monoisotopic (exact) mass is 250 g/mol. The lowest BCUT2D eigenvalue weighted by molar-refractivity contribution is 1.08. The van der Waals surface area contributed by atoms with E-state index in [9.17, 15) is 0 Å². The smallest absolute Gasteiger partial charge is 0.100 e. The van der Waals surface area contributed by atoms with Crippen molar-refractivity contribution >= 4 is 17.4 Å². The van der Waals surface area contributed by atoms with E-state index in [4.69, 9.17) is 0 Å². The van der Waals surface area contributed by atoms with Crippen molar-refractivity contribution in [3.05, 3.63) is 59.7 Å². The Balaban J connectivity index is 2.35. The molecule has 0 atom stereocenters. The summed E-state index contributed by atoms with van der Waals surface area (Å²) in [5.74, 6) is 0. The third kappa shape index (κ3) is 3.40. The molecular weight excluding hydrogens is 232 g/mol. The van der Waals surface area contributed by atoms with E-state index in [1.54, 1.807) is 0 Å². The summed E-state index contributed by atoms with van der Waals surface area (Å²) in [5.41, 5.74) is 4.38. The van der Waals surface area contributed by atoms with Gasteiger partial charge in [0.25, 0.3) is 0 Å². The van der Waals surface area contributed by atoms with Gasteiger partial charge in [0, 0.05) is 0 Å². The lowest BCUT2D eigenvalue weighted by Crippen LogP contribution is -1.87. The van der Waals surface area contributed by atoms with Gasteiger partial charge in [-0.15, -0.1) is 0 Å². The van der Waals surface area contributed by atoms with E-state index in [0.29, 0.717) is 0 Å². The van der Waals surface area contributed by atoms with Crippen molar-refractivity contribution in [3.8, 4) is 0 Å². The van der Waals surface area contributed by atoms with E-state index in [1.165, 1.54) is 11.1 Å². The first-order valence-electron chi connectivity index (χ1n) is 6.67. The second-order valence-corrected chi connectivity index (χ2v) is 4.29. The molecule has 0 aliphatic carbocycles. The number of aliphatic imine (C=N–C) groups is 2. The number of aryl methyl sites for hydroxylation is 2. The zero-order chi connectivity index (χ0) is 13.5. The molecule has 19 heavy (non-hydrogen) atoms. The molecule has 0 amide bonds. The molecule has 2 rings (SSSR count). The molecule has 2 aromatic carbocycles. The molecule has 0 N–H and O–H groups in total. The number of para-hydroxylation sites is 2. The second-order valence-electron chi connectivity index (χ2n) is 4.29. The Hall–Kier alpha value is -2.18. The maximum Gasteiger partial charge on any atom is 0.100 e. The van der Waals surface area contributed by atoms with E-state index in [1.807, 2.05) is 30.3 Å². The van der Waals surface area contributed by atoms with Crippen LogP contribution in [0.25, 0.3) is 0 Å². The number of benzene rings is 2. The van der Waals surface area contributed by atoms with Crippen LogP contribution in [0.2, 0.25) is 0 Å². The Labute approximate surface area is 114 Å². The van der Waals surface area contributed by atoms with Gasteiger partial charge >= 0.3 is 0 Å². The quantitative estimate of drug-likeness (QED) is 0.686. The summed E-state index contributed by atoms with van der Waals surface area (Å²) in [6.07, 6.45) is 1.94. The summed E-state index contributed by atoms with van der Waals surface area (Å²) in [4.78, 5) is 8.66. The molecule has 96 valence electrons. The highest BCUT2D eigenvalue weighted by atomic mass is 14.8. The minimum absolute atomic E-state index is 0.873. The Bertz CT molecular complexity index is 572. The molecule has 0 radical (unpaired) electrons. The van der Waals surface area contributed by atoms with Gasteiger partial charge in [-0.05, 0) is 36.1 Å². The van der Waals surface area contributed by atoms with Crippen LogP contribution in [0.3, 0.4) is 0 Å². The fourth-order valence-corrected chi connectivity index (χ4v) is 1.99. The van der Waals surface area contributed by atoms with Crippen LogP contribution in [0, 0.1) is 0 Å². The fourth-order valence-electron chi connectivity index (χ4n) is 1.99. The lowest BCUT2D eigenvalue weighted by atomic mass is 10.0. The van der Waals surface area contributed by atoms with Crippen LogP contribution in [0.5, 0.6) is 0 Å². The molecule has 0 fully saturated rings. The third-order valence-corrected chi connectivity index (χ3v) is 3.06. The van der Waals surface area contributed by atoms with Crippen molar-refractivity contribution in [3.63, 3.8) is 0 Å². The number of rotatable bonds is 4. The normalized spacial score (nSPS) is 9.79. The standard InChI is InChI=1S/C17H18N2/c1-3-14-9-8-10-15(4-2)17(14)19-13-18-16-11-6-5-7-12-16/h5-12H,3-4H2,1-2H3. The molecule has 0 heterocycles. The van der Waals surface area contributed by atoms with Gasteiger partial charge in [0.1, 0.15) is 6.01 Å². The predicted octanol–water partition coefficient (Wildman–Crippen LogP) is 4.95. The van der Waals surface area contributed by atoms with Crippen LogP contribution in [0.15, 0.2) is 58.5 Å². The van der Waals surface area contributed by atoms with Crippen molar-refractivity contribution in [1.82, 2.24) is 0 Å². The van der Waals surface area contributed by atoms with E-state index in [2.05, 4.69) is 48.0 Å². The summed E-state index contributed by atoms with van der Waals surface area (Å²) >= 11 is 0. The predicted molar refractivity (Wildman–Crippen MR) is 80.8 cm³/mol. The van der Waals surface area contributed by atoms with Crippen LogP contribution in [0.4, 0.5) is 11.4 Å². The van der Waals surface area contributed by atoms with E-state index in [0.717, 1.165) is 24.2 Å². The number of hydrogen-bond acceptors (Lipinski definition) is 2. The van der Waals surface area contributed by atoms with E-state index in [-0.39, 0.29) is 0 Å². The molecule has 0 unspecified atom stereocenters. The van der Waals surface area contributed by atoms with Crippen molar-refractivity contribution < 1.29 is 0 Å². The summed E-state index contributed by atoms with van der Waals surface area (Å²) in [5, 5.41) is 0. The van der Waals surface area contributed by atoms with Gasteiger partial charge in [-0.1, -0.05) is 50.2 Å². The average Bonchev–Trinajstić information content (AvgIpc) is 2.48. The Morgan fingerprint density at radius 2 is 1.42 bits per heavy atom. The Morgan fingerprint density at radius 1 is 0.789 bits per heavy atom. The maximum atomic E-state index is 4.43. The highest BCUT2D eigenvalue weighted by molar-refractivity contribution is 5.62. The molecule has 0 aliphatic heterocycles. The van der Waals surface area contributed by atoms with E-state index < -0.39 is 0 Å². The average molecular weight is 250 g/mol. The first-order valence-corrected chi connectivity index (χ1v) is 6.67. The largest absolute Gasteiger partial charge is 0.188 e. The number of hydrogen-bond donors (Lipinski definition) is 0. The second kappa shape index (κ2) is 6.67. The van der Waals surface area contributed by atoms with Crippen LogP contribution in [-0.2, 0) is 12.8 Å². The molecule has 0 aromatic heterocycles. The van der Waals surface area contributed by atoms with Crippen LogP contribution < -0.4 is 0 Å². The van der Waals surface area contributed by atoms with Crippen LogP contribution in [-0.4, -0.2) is 6.01 Å². The first kappa shape index (κ1) is 13.3. The summed E-state index contributed by atoms with van der Waals surface area (Å²) in [6.45, 7) is 4.28. The minimum atomic E-state index is 0.873. The highest BCUT2D eigenvalue weighted by Crippen LogP contribution is 2.25. The summed E-state index contributed by atoms with van der Waals surface area (Å²) < 4.78 is 0. The summed E-state index contributed by atoms with van der Waals surface area (Å²) in [6, 6.07) is 18.9. The number of nitrogens with zero attached hydrogens (tertiary/aromatic N) is 2. The van der Waals surface area contributed by atoms with Gasteiger partial charge in [0.2, 0.25) is 0 Å². The molecule has 0 saturated heterocycles. The Morgan fingerprint density at radius 3 is 2.00 bits per heavy atom. The lowest BCUT2D eigenvalue weighted by Gasteiger charge is -2.06. The van der Waals surface area contributed by atoms with Gasteiger partial charge in [0.05, 0.1) is 11.4 Å². The van der Waals surface area contributed by atoms with E-state index >= 15 is 0 Å². The van der Waals surface area contributed by atoms with Crippen molar-refractivity contribution in [2.75, 3.05) is 0 Å². The van der Waals surface area contributed by atoms with Gasteiger partial charge in [0.15, 0.2) is 0 Å². The van der Waals surface area contributed by atoms with Gasteiger partial charge in [-0.25, -0.2) is 0 Å². The molecule has 0 bridgehead atoms. The molecule has 0 saturated carbocycles. The van der Waals surface area contributed by atoms with Gasteiger partial charge in [-0.2, -0.15) is 9.98 Å². The molecular formula is C17H18N2. The van der Waals surface area contributed by atoms with Crippen LogP contribution in [0.1, 0.15) is 25.0 Å².